The minimum absolute atomic E-state index is 0.283. The van der Waals surface area contributed by atoms with Crippen molar-refractivity contribution >= 4 is 0 Å². The third-order valence-electron chi connectivity index (χ3n) is 3.98. The van der Waals surface area contributed by atoms with Crippen molar-refractivity contribution in [3.8, 4) is 6.07 Å². The number of nitriles is 1. The van der Waals surface area contributed by atoms with Crippen molar-refractivity contribution in [2.24, 2.45) is 17.3 Å². The number of allylic oxidation sites excluding steroid dienone is 2. The van der Waals surface area contributed by atoms with Crippen LogP contribution in [0.25, 0.3) is 0 Å². The van der Waals surface area contributed by atoms with E-state index in [0.717, 1.165) is 12.8 Å². The van der Waals surface area contributed by atoms with E-state index in [1.54, 1.807) is 5.57 Å². The zero-order chi connectivity index (χ0) is 10.2. The van der Waals surface area contributed by atoms with Gasteiger partial charge in [0.1, 0.15) is 0 Å². The smallest absolute Gasteiger partial charge is 0.0662 e. The molecule has 14 heavy (non-hydrogen) atoms. The van der Waals surface area contributed by atoms with E-state index in [0.29, 0.717) is 11.3 Å². The molecule has 1 fully saturated rings. The van der Waals surface area contributed by atoms with Crippen molar-refractivity contribution in [2.75, 3.05) is 0 Å². The lowest BCUT2D eigenvalue weighted by molar-refractivity contribution is 0.141. The van der Waals surface area contributed by atoms with E-state index in [1.807, 2.05) is 0 Å². The fraction of sp³-hybridized carbons (Fsp3) is 0.769. The van der Waals surface area contributed by atoms with Gasteiger partial charge in [0.25, 0.3) is 0 Å². The third-order valence-corrected chi connectivity index (χ3v) is 3.98. The lowest BCUT2D eigenvalue weighted by Crippen LogP contribution is -2.36. The van der Waals surface area contributed by atoms with Crippen LogP contribution in [0.5, 0.6) is 0 Å². The Balaban J connectivity index is 2.32. The summed E-state index contributed by atoms with van der Waals surface area (Å²) in [4.78, 5) is 0. The lowest BCUT2D eigenvalue weighted by Gasteiger charge is -2.44. The molecule has 0 amide bonds. The number of rotatable bonds is 0. The molecule has 0 aliphatic heterocycles. The van der Waals surface area contributed by atoms with Crippen molar-refractivity contribution < 1.29 is 0 Å². The Morgan fingerprint density at radius 3 is 3.00 bits per heavy atom. The molecular formula is C13H19N. The number of fused-ring (bicyclic) bond motifs is 1. The summed E-state index contributed by atoms with van der Waals surface area (Å²) in [6.07, 6.45) is 8.45. The van der Waals surface area contributed by atoms with Gasteiger partial charge >= 0.3 is 0 Å². The van der Waals surface area contributed by atoms with Gasteiger partial charge in [-0.25, -0.2) is 0 Å². The van der Waals surface area contributed by atoms with Crippen molar-refractivity contribution in [2.45, 2.75) is 46.0 Å². The lowest BCUT2D eigenvalue weighted by atomic mass is 9.59. The zero-order valence-corrected chi connectivity index (χ0v) is 9.21. The average molecular weight is 189 g/mol. The van der Waals surface area contributed by atoms with Gasteiger partial charge in [-0.05, 0) is 37.5 Å². The largest absolute Gasteiger partial charge is 0.198 e. The minimum Gasteiger partial charge on any atom is -0.198 e. The SMILES string of the molecule is CC1(C)CCCC2=CCC[C@H](C#N)[C@@H]21. The van der Waals surface area contributed by atoms with Crippen LogP contribution in [0.15, 0.2) is 11.6 Å². The van der Waals surface area contributed by atoms with Gasteiger partial charge in [-0.1, -0.05) is 25.5 Å². The molecule has 0 unspecified atom stereocenters. The normalized spacial score (nSPS) is 35.4. The Hall–Kier alpha value is -0.770. The van der Waals surface area contributed by atoms with E-state index < -0.39 is 0 Å². The Labute approximate surface area is 86.8 Å². The molecule has 76 valence electrons. The monoisotopic (exact) mass is 189 g/mol. The zero-order valence-electron chi connectivity index (χ0n) is 9.21. The van der Waals surface area contributed by atoms with E-state index in [1.165, 1.54) is 19.3 Å². The topological polar surface area (TPSA) is 23.8 Å². The average Bonchev–Trinajstić information content (AvgIpc) is 2.16. The molecule has 0 aromatic rings. The first kappa shape index (κ1) is 9.77. The van der Waals surface area contributed by atoms with Crippen LogP contribution in [0.2, 0.25) is 0 Å². The summed E-state index contributed by atoms with van der Waals surface area (Å²) < 4.78 is 0. The summed E-state index contributed by atoms with van der Waals surface area (Å²) in [6, 6.07) is 2.52. The number of hydrogen-bond acceptors (Lipinski definition) is 1. The first-order valence-corrected chi connectivity index (χ1v) is 5.74. The Morgan fingerprint density at radius 2 is 2.29 bits per heavy atom. The molecule has 2 aliphatic rings. The summed E-state index contributed by atoms with van der Waals surface area (Å²) in [6.45, 7) is 4.67. The van der Waals surface area contributed by atoms with Crippen molar-refractivity contribution in [3.05, 3.63) is 11.6 Å². The highest BCUT2D eigenvalue weighted by Gasteiger charge is 2.41. The quantitative estimate of drug-likeness (QED) is 0.533. The first-order chi connectivity index (χ1) is 6.65. The summed E-state index contributed by atoms with van der Waals surface area (Å²) >= 11 is 0. The summed E-state index contributed by atoms with van der Waals surface area (Å²) in [5.74, 6) is 0.834. The van der Waals surface area contributed by atoms with E-state index in [9.17, 15) is 5.26 Å². The van der Waals surface area contributed by atoms with Gasteiger partial charge in [0, 0.05) is 5.92 Å². The molecule has 0 N–H and O–H groups in total. The van der Waals surface area contributed by atoms with Crippen LogP contribution in [0.1, 0.15) is 46.0 Å². The Kier molecular flexibility index (Phi) is 2.39. The fourth-order valence-electron chi connectivity index (χ4n) is 3.35. The van der Waals surface area contributed by atoms with Crippen molar-refractivity contribution in [3.63, 3.8) is 0 Å². The fourth-order valence-corrected chi connectivity index (χ4v) is 3.35. The molecule has 1 heteroatoms. The predicted octanol–water partition coefficient (Wildman–Crippen LogP) is 3.67. The highest BCUT2D eigenvalue weighted by Crippen LogP contribution is 2.50. The maximum Gasteiger partial charge on any atom is 0.0662 e. The minimum atomic E-state index is 0.283. The molecular weight excluding hydrogens is 170 g/mol. The second-order valence-electron chi connectivity index (χ2n) is 5.41. The molecule has 0 bridgehead atoms. The van der Waals surface area contributed by atoms with Gasteiger partial charge in [0.05, 0.1) is 12.0 Å². The van der Waals surface area contributed by atoms with E-state index in [2.05, 4.69) is 26.0 Å². The molecule has 0 heterocycles. The van der Waals surface area contributed by atoms with Gasteiger partial charge in [-0.15, -0.1) is 0 Å². The van der Waals surface area contributed by atoms with E-state index in [-0.39, 0.29) is 5.92 Å². The third kappa shape index (κ3) is 1.47. The second-order valence-corrected chi connectivity index (χ2v) is 5.41. The van der Waals surface area contributed by atoms with E-state index >= 15 is 0 Å². The molecule has 2 aliphatic carbocycles. The number of nitrogens with zero attached hydrogens (tertiary/aromatic N) is 1. The summed E-state index contributed by atoms with van der Waals surface area (Å²) in [7, 11) is 0. The maximum absolute atomic E-state index is 9.18. The van der Waals surface area contributed by atoms with Gasteiger partial charge in [-0.2, -0.15) is 5.26 Å². The van der Waals surface area contributed by atoms with Crippen LogP contribution in [0.4, 0.5) is 0 Å². The van der Waals surface area contributed by atoms with Gasteiger partial charge < -0.3 is 0 Å². The molecule has 0 radical (unpaired) electrons. The highest BCUT2D eigenvalue weighted by molar-refractivity contribution is 5.21. The van der Waals surface area contributed by atoms with Gasteiger partial charge in [0.2, 0.25) is 0 Å². The van der Waals surface area contributed by atoms with Crippen LogP contribution < -0.4 is 0 Å². The Bertz CT molecular complexity index is 293. The molecule has 1 nitrogen and oxygen atoms in total. The van der Waals surface area contributed by atoms with Crippen LogP contribution in [0.3, 0.4) is 0 Å². The van der Waals surface area contributed by atoms with Crippen LogP contribution >= 0.6 is 0 Å². The van der Waals surface area contributed by atoms with Crippen molar-refractivity contribution in [1.82, 2.24) is 0 Å². The maximum atomic E-state index is 9.18. The van der Waals surface area contributed by atoms with Crippen LogP contribution in [0, 0.1) is 28.6 Å². The molecule has 2 rings (SSSR count). The molecule has 0 saturated heterocycles. The van der Waals surface area contributed by atoms with E-state index in [4.69, 9.17) is 0 Å². The van der Waals surface area contributed by atoms with Crippen molar-refractivity contribution in [1.29, 1.82) is 5.26 Å². The predicted molar refractivity (Wildman–Crippen MR) is 57.5 cm³/mol. The molecule has 0 aromatic heterocycles. The molecule has 0 spiro atoms. The van der Waals surface area contributed by atoms with Gasteiger partial charge in [-0.3, -0.25) is 0 Å². The molecule has 2 atom stereocenters. The molecule has 0 aromatic carbocycles. The van der Waals surface area contributed by atoms with Crippen LogP contribution in [-0.2, 0) is 0 Å². The Morgan fingerprint density at radius 1 is 1.50 bits per heavy atom. The molecule has 1 saturated carbocycles. The van der Waals surface area contributed by atoms with Crippen LogP contribution in [-0.4, -0.2) is 0 Å². The summed E-state index contributed by atoms with van der Waals surface area (Å²) in [5.41, 5.74) is 1.93. The standard InChI is InChI=1S/C13H19N/c1-13(2)8-4-7-10-5-3-6-11(9-14)12(10)13/h5,11-12H,3-4,6-8H2,1-2H3/t11-,12-/m1/s1. The van der Waals surface area contributed by atoms with Gasteiger partial charge in [0.15, 0.2) is 0 Å². The summed E-state index contributed by atoms with van der Waals surface area (Å²) in [5, 5.41) is 9.18. The second kappa shape index (κ2) is 3.42. The number of hydrogen-bond donors (Lipinski definition) is 0. The highest BCUT2D eigenvalue weighted by atomic mass is 14.5. The first-order valence-electron chi connectivity index (χ1n) is 5.74.